The van der Waals surface area contributed by atoms with Crippen LogP contribution < -0.4 is 0 Å². The van der Waals surface area contributed by atoms with Crippen LogP contribution in [0.25, 0.3) is 0 Å². The predicted molar refractivity (Wildman–Crippen MR) is 95.2 cm³/mol. The highest BCUT2D eigenvalue weighted by atomic mass is 32.2. The van der Waals surface area contributed by atoms with E-state index in [0.29, 0.717) is 31.0 Å². The molecule has 1 aliphatic carbocycles. The van der Waals surface area contributed by atoms with Gasteiger partial charge in [0.05, 0.1) is 4.90 Å². The fourth-order valence-corrected chi connectivity index (χ4v) is 6.68. The van der Waals surface area contributed by atoms with Crippen molar-refractivity contribution in [3.63, 3.8) is 0 Å². The van der Waals surface area contributed by atoms with Gasteiger partial charge in [0.2, 0.25) is 10.0 Å². The summed E-state index contributed by atoms with van der Waals surface area (Å²) in [5.74, 6) is 0.460. The summed E-state index contributed by atoms with van der Waals surface area (Å²) >= 11 is 0. The van der Waals surface area contributed by atoms with Gasteiger partial charge in [0.25, 0.3) is 0 Å². The van der Waals surface area contributed by atoms with Gasteiger partial charge in [-0.2, -0.15) is 4.31 Å². The summed E-state index contributed by atoms with van der Waals surface area (Å²) < 4.78 is 40.8. The van der Waals surface area contributed by atoms with E-state index in [9.17, 15) is 12.8 Å². The van der Waals surface area contributed by atoms with Crippen LogP contribution in [0.1, 0.15) is 38.5 Å². The van der Waals surface area contributed by atoms with Gasteiger partial charge in [-0.25, -0.2) is 12.8 Å². The minimum atomic E-state index is -3.53. The second kappa shape index (κ2) is 6.97. The van der Waals surface area contributed by atoms with Crippen molar-refractivity contribution in [3.8, 4) is 0 Å². The van der Waals surface area contributed by atoms with Crippen LogP contribution in [0.15, 0.2) is 29.2 Å². The van der Waals surface area contributed by atoms with Gasteiger partial charge in [-0.3, -0.25) is 4.90 Å². The Morgan fingerprint density at radius 3 is 2.08 bits per heavy atom. The number of benzene rings is 1. The molecule has 0 radical (unpaired) electrons. The Morgan fingerprint density at radius 1 is 0.880 bits per heavy atom. The van der Waals surface area contributed by atoms with Crippen molar-refractivity contribution in [2.45, 2.75) is 49.5 Å². The van der Waals surface area contributed by atoms with E-state index in [4.69, 9.17) is 0 Å². The standard InChI is InChI=1S/C19H27FN2O2S/c20-17-7-9-18(10-8-17)25(23,24)22-13-15-5-4-6-16(14-22)19(15)21-11-2-1-3-12-21/h7-10,15-16,19H,1-6,11-14H2/t15-,16-/m1/s1. The van der Waals surface area contributed by atoms with E-state index >= 15 is 0 Å². The molecule has 2 heterocycles. The predicted octanol–water partition coefficient (Wildman–Crippen LogP) is 3.10. The van der Waals surface area contributed by atoms with Crippen LogP contribution in [0, 0.1) is 17.7 Å². The Bertz CT molecular complexity index is 687. The molecule has 2 aliphatic heterocycles. The van der Waals surface area contributed by atoms with Crippen molar-refractivity contribution >= 4 is 10.0 Å². The van der Waals surface area contributed by atoms with Crippen LogP contribution in [0.2, 0.25) is 0 Å². The molecule has 0 N–H and O–H groups in total. The SMILES string of the molecule is O=S(=O)(c1ccc(F)cc1)N1C[C@H]2CCC[C@H](C1)C2N1CCCCC1. The van der Waals surface area contributed by atoms with E-state index in [-0.39, 0.29) is 4.90 Å². The number of halogens is 1. The van der Waals surface area contributed by atoms with Gasteiger partial charge in [0.15, 0.2) is 0 Å². The first-order chi connectivity index (χ1) is 12.1. The maximum atomic E-state index is 13.1. The average Bonchev–Trinajstić information content (AvgIpc) is 2.61. The zero-order chi connectivity index (χ0) is 17.4. The molecule has 2 atom stereocenters. The lowest BCUT2D eigenvalue weighted by Gasteiger charge is -2.52. The molecule has 4 rings (SSSR count). The first kappa shape index (κ1) is 17.4. The Balaban J connectivity index is 1.55. The third-order valence-electron chi connectivity index (χ3n) is 6.26. The van der Waals surface area contributed by atoms with Gasteiger partial charge >= 0.3 is 0 Å². The molecule has 25 heavy (non-hydrogen) atoms. The minimum Gasteiger partial charge on any atom is -0.300 e. The Kier molecular flexibility index (Phi) is 4.86. The normalized spacial score (nSPS) is 31.8. The van der Waals surface area contributed by atoms with Crippen molar-refractivity contribution < 1.29 is 12.8 Å². The number of hydrogen-bond acceptors (Lipinski definition) is 3. The Morgan fingerprint density at radius 2 is 1.48 bits per heavy atom. The molecule has 2 bridgehead atoms. The molecule has 0 unspecified atom stereocenters. The van der Waals surface area contributed by atoms with Crippen molar-refractivity contribution in [3.05, 3.63) is 30.1 Å². The van der Waals surface area contributed by atoms with Gasteiger partial charge in [0.1, 0.15) is 5.82 Å². The van der Waals surface area contributed by atoms with Crippen LogP contribution in [0.3, 0.4) is 0 Å². The van der Waals surface area contributed by atoms with Gasteiger partial charge in [-0.15, -0.1) is 0 Å². The maximum absolute atomic E-state index is 13.1. The van der Waals surface area contributed by atoms with Crippen molar-refractivity contribution in [2.24, 2.45) is 11.8 Å². The molecule has 138 valence electrons. The van der Waals surface area contributed by atoms with E-state index in [0.717, 1.165) is 12.8 Å². The first-order valence-electron chi connectivity index (χ1n) is 9.55. The molecule has 6 heteroatoms. The van der Waals surface area contributed by atoms with Crippen molar-refractivity contribution in [1.82, 2.24) is 9.21 Å². The number of rotatable bonds is 3. The van der Waals surface area contributed by atoms with Crippen LogP contribution in [0.5, 0.6) is 0 Å². The summed E-state index contributed by atoms with van der Waals surface area (Å²) in [6.45, 7) is 3.56. The van der Waals surface area contributed by atoms with E-state index in [1.165, 1.54) is 63.0 Å². The first-order valence-corrected chi connectivity index (χ1v) is 11.0. The van der Waals surface area contributed by atoms with Gasteiger partial charge < -0.3 is 0 Å². The third-order valence-corrected chi connectivity index (χ3v) is 8.10. The summed E-state index contributed by atoms with van der Waals surface area (Å²) in [7, 11) is -3.53. The highest BCUT2D eigenvalue weighted by Gasteiger charge is 2.45. The minimum absolute atomic E-state index is 0.211. The summed E-state index contributed by atoms with van der Waals surface area (Å²) in [5, 5.41) is 0. The number of piperidine rings is 2. The zero-order valence-electron chi connectivity index (χ0n) is 14.6. The summed E-state index contributed by atoms with van der Waals surface area (Å²) in [4.78, 5) is 2.85. The van der Waals surface area contributed by atoms with E-state index in [1.54, 1.807) is 4.31 Å². The number of nitrogens with zero attached hydrogens (tertiary/aromatic N) is 2. The van der Waals surface area contributed by atoms with Crippen LogP contribution in [-0.2, 0) is 10.0 Å². The summed E-state index contributed by atoms with van der Waals surface area (Å²) in [6.07, 6.45) is 7.31. The molecule has 0 spiro atoms. The molecule has 2 saturated heterocycles. The second-order valence-corrected chi connectivity index (χ2v) is 9.75. The second-order valence-electron chi connectivity index (χ2n) is 7.81. The molecule has 0 aromatic heterocycles. The van der Waals surface area contributed by atoms with Gasteiger partial charge in [0, 0.05) is 19.1 Å². The van der Waals surface area contributed by atoms with Crippen LogP contribution in [0.4, 0.5) is 4.39 Å². The fraction of sp³-hybridized carbons (Fsp3) is 0.684. The highest BCUT2D eigenvalue weighted by Crippen LogP contribution is 2.40. The Hall–Kier alpha value is -0.980. The number of hydrogen-bond donors (Lipinski definition) is 0. The van der Waals surface area contributed by atoms with E-state index in [1.807, 2.05) is 0 Å². The molecule has 1 aromatic carbocycles. The highest BCUT2D eigenvalue weighted by molar-refractivity contribution is 7.89. The molecule has 3 aliphatic rings. The number of sulfonamides is 1. The van der Waals surface area contributed by atoms with Crippen LogP contribution in [-0.4, -0.2) is 49.8 Å². The lowest BCUT2D eigenvalue weighted by Crippen LogP contribution is -2.59. The molecule has 4 nitrogen and oxygen atoms in total. The molecule has 1 saturated carbocycles. The maximum Gasteiger partial charge on any atom is 0.243 e. The molecular formula is C19H27FN2O2S. The number of fused-ring (bicyclic) bond motifs is 2. The fourth-order valence-electron chi connectivity index (χ4n) is 5.13. The van der Waals surface area contributed by atoms with Gasteiger partial charge in [-0.1, -0.05) is 12.8 Å². The van der Waals surface area contributed by atoms with E-state index < -0.39 is 15.8 Å². The monoisotopic (exact) mass is 366 g/mol. The van der Waals surface area contributed by atoms with Crippen molar-refractivity contribution in [2.75, 3.05) is 26.2 Å². The lowest BCUT2D eigenvalue weighted by atomic mass is 9.73. The molecule has 3 fully saturated rings. The lowest BCUT2D eigenvalue weighted by molar-refractivity contribution is -0.00311. The smallest absolute Gasteiger partial charge is 0.243 e. The Labute approximate surface area is 150 Å². The quantitative estimate of drug-likeness (QED) is 0.825. The average molecular weight is 367 g/mol. The molecular weight excluding hydrogens is 339 g/mol. The molecule has 1 aromatic rings. The van der Waals surface area contributed by atoms with Crippen LogP contribution >= 0.6 is 0 Å². The topological polar surface area (TPSA) is 40.6 Å². The summed E-state index contributed by atoms with van der Waals surface area (Å²) in [6, 6.07) is 5.78. The molecule has 0 amide bonds. The number of likely N-dealkylation sites (tertiary alicyclic amines) is 1. The third kappa shape index (κ3) is 3.36. The van der Waals surface area contributed by atoms with E-state index in [2.05, 4.69) is 4.90 Å². The summed E-state index contributed by atoms with van der Waals surface area (Å²) in [5.41, 5.74) is 0. The zero-order valence-corrected chi connectivity index (χ0v) is 15.4. The van der Waals surface area contributed by atoms with Gasteiger partial charge in [-0.05, 0) is 74.9 Å². The largest absolute Gasteiger partial charge is 0.300 e. The van der Waals surface area contributed by atoms with Crippen molar-refractivity contribution in [1.29, 1.82) is 0 Å².